The van der Waals surface area contributed by atoms with Crippen molar-refractivity contribution in [2.75, 3.05) is 11.9 Å². The van der Waals surface area contributed by atoms with Gasteiger partial charge >= 0.3 is 0 Å². The maximum absolute atomic E-state index is 12.8. The molecule has 0 bridgehead atoms. The van der Waals surface area contributed by atoms with Crippen molar-refractivity contribution in [3.63, 3.8) is 0 Å². The highest BCUT2D eigenvalue weighted by molar-refractivity contribution is 6.04. The number of amides is 2. The number of hydrogen-bond acceptors (Lipinski definition) is 4. The average Bonchev–Trinajstić information content (AvgIpc) is 3.11. The lowest BCUT2D eigenvalue weighted by Crippen LogP contribution is -2.35. The fourth-order valence-electron chi connectivity index (χ4n) is 3.23. The summed E-state index contributed by atoms with van der Waals surface area (Å²) in [4.78, 5) is 26.9. The third-order valence-corrected chi connectivity index (χ3v) is 4.68. The van der Waals surface area contributed by atoms with Crippen LogP contribution >= 0.6 is 0 Å². The lowest BCUT2D eigenvalue weighted by atomic mass is 9.99. The molecule has 6 nitrogen and oxygen atoms in total. The zero-order chi connectivity index (χ0) is 18.8. The predicted molar refractivity (Wildman–Crippen MR) is 101 cm³/mol. The lowest BCUT2D eigenvalue weighted by Gasteiger charge is -2.29. The van der Waals surface area contributed by atoms with Crippen LogP contribution in [0.4, 0.5) is 5.82 Å². The number of nitrogens with zero attached hydrogens (tertiary/aromatic N) is 2. The van der Waals surface area contributed by atoms with Crippen LogP contribution in [0.25, 0.3) is 0 Å². The highest BCUT2D eigenvalue weighted by Gasteiger charge is 2.21. The number of benzene rings is 2. The fourth-order valence-corrected chi connectivity index (χ4v) is 3.23. The molecule has 0 saturated heterocycles. The van der Waals surface area contributed by atoms with Crippen molar-refractivity contribution in [1.29, 1.82) is 0 Å². The second-order valence-corrected chi connectivity index (χ2v) is 6.60. The van der Waals surface area contributed by atoms with E-state index in [1.54, 1.807) is 37.3 Å². The summed E-state index contributed by atoms with van der Waals surface area (Å²) in [7, 11) is 0. The molecular formula is C21H19N3O3. The molecule has 2 aromatic carbocycles. The van der Waals surface area contributed by atoms with E-state index in [4.69, 9.17) is 4.52 Å². The topological polar surface area (TPSA) is 75.4 Å². The number of carbonyl (C=O) groups excluding carboxylic acids is 2. The van der Waals surface area contributed by atoms with Gasteiger partial charge in [0.05, 0.1) is 0 Å². The number of rotatable bonds is 3. The van der Waals surface area contributed by atoms with Crippen LogP contribution in [0.2, 0.25) is 0 Å². The first kappa shape index (κ1) is 17.0. The molecule has 1 N–H and O–H groups in total. The Morgan fingerprint density at radius 2 is 1.74 bits per heavy atom. The highest BCUT2D eigenvalue weighted by atomic mass is 16.5. The van der Waals surface area contributed by atoms with Gasteiger partial charge in [-0.3, -0.25) is 9.59 Å². The van der Waals surface area contributed by atoms with E-state index < -0.39 is 0 Å². The van der Waals surface area contributed by atoms with Gasteiger partial charge in [0.1, 0.15) is 5.76 Å². The van der Waals surface area contributed by atoms with Gasteiger partial charge in [0.25, 0.3) is 11.8 Å². The van der Waals surface area contributed by atoms with Crippen molar-refractivity contribution >= 4 is 17.6 Å². The van der Waals surface area contributed by atoms with Crippen LogP contribution < -0.4 is 5.32 Å². The summed E-state index contributed by atoms with van der Waals surface area (Å²) in [6.07, 6.45) is 0.861. The molecule has 0 aliphatic carbocycles. The second kappa shape index (κ2) is 7.07. The van der Waals surface area contributed by atoms with E-state index in [0.717, 1.165) is 6.42 Å². The summed E-state index contributed by atoms with van der Waals surface area (Å²) in [6, 6.07) is 16.5. The number of carbonyl (C=O) groups is 2. The molecule has 2 amide bonds. The highest BCUT2D eigenvalue weighted by Crippen LogP contribution is 2.20. The molecule has 1 aromatic heterocycles. The van der Waals surface area contributed by atoms with Crippen LogP contribution in [0.3, 0.4) is 0 Å². The molecule has 4 rings (SSSR count). The minimum Gasteiger partial charge on any atom is -0.360 e. The van der Waals surface area contributed by atoms with E-state index in [0.29, 0.717) is 35.8 Å². The van der Waals surface area contributed by atoms with Crippen LogP contribution in [-0.2, 0) is 13.0 Å². The third-order valence-electron chi connectivity index (χ3n) is 4.68. The normalized spacial score (nSPS) is 13.1. The van der Waals surface area contributed by atoms with E-state index in [9.17, 15) is 9.59 Å². The number of fused-ring (bicyclic) bond motifs is 1. The molecule has 0 radical (unpaired) electrons. The average molecular weight is 361 g/mol. The number of aromatic nitrogens is 1. The SMILES string of the molecule is Cc1cc(NC(=O)c2ccc(C(=O)N3CCc4ccccc4C3)cc2)no1. The molecule has 0 spiro atoms. The van der Waals surface area contributed by atoms with Crippen molar-refractivity contribution in [2.24, 2.45) is 0 Å². The molecule has 3 aromatic rings. The molecule has 6 heteroatoms. The summed E-state index contributed by atoms with van der Waals surface area (Å²) < 4.78 is 4.93. The van der Waals surface area contributed by atoms with Gasteiger partial charge in [0, 0.05) is 30.3 Å². The Bertz CT molecular complexity index is 992. The summed E-state index contributed by atoms with van der Waals surface area (Å²) in [5, 5.41) is 6.40. The standard InChI is InChI=1S/C21H19N3O3/c1-14-12-19(23-27-14)22-20(25)16-6-8-17(9-7-16)21(26)24-11-10-15-4-2-3-5-18(15)13-24/h2-9,12H,10-11,13H2,1H3,(H,22,23,25). The third kappa shape index (κ3) is 3.60. The number of anilines is 1. The van der Waals surface area contributed by atoms with Gasteiger partial charge in [-0.2, -0.15) is 0 Å². The van der Waals surface area contributed by atoms with Gasteiger partial charge in [-0.25, -0.2) is 0 Å². The Kier molecular flexibility index (Phi) is 4.46. The van der Waals surface area contributed by atoms with Crippen LogP contribution in [0.1, 0.15) is 37.6 Å². The number of nitrogens with one attached hydrogen (secondary N) is 1. The first-order valence-electron chi connectivity index (χ1n) is 8.81. The first-order valence-corrected chi connectivity index (χ1v) is 8.81. The van der Waals surface area contributed by atoms with Gasteiger partial charge < -0.3 is 14.7 Å². The van der Waals surface area contributed by atoms with Crippen molar-refractivity contribution in [3.05, 3.63) is 82.6 Å². The van der Waals surface area contributed by atoms with Crippen molar-refractivity contribution in [2.45, 2.75) is 19.9 Å². The van der Waals surface area contributed by atoms with E-state index in [1.807, 2.05) is 17.0 Å². The molecule has 0 atom stereocenters. The molecule has 1 aliphatic rings. The Hall–Kier alpha value is -3.41. The lowest BCUT2D eigenvalue weighted by molar-refractivity contribution is 0.0734. The van der Waals surface area contributed by atoms with Crippen LogP contribution in [-0.4, -0.2) is 28.4 Å². The Morgan fingerprint density at radius 3 is 2.44 bits per heavy atom. The minimum absolute atomic E-state index is 0.0245. The summed E-state index contributed by atoms with van der Waals surface area (Å²) in [6.45, 7) is 3.06. The van der Waals surface area contributed by atoms with Crippen LogP contribution in [0.5, 0.6) is 0 Å². The van der Waals surface area contributed by atoms with Crippen molar-refractivity contribution < 1.29 is 14.1 Å². The summed E-state index contributed by atoms with van der Waals surface area (Å²) in [5.41, 5.74) is 3.52. The van der Waals surface area contributed by atoms with E-state index in [2.05, 4.69) is 22.6 Å². The molecule has 27 heavy (non-hydrogen) atoms. The van der Waals surface area contributed by atoms with Crippen LogP contribution in [0.15, 0.2) is 59.1 Å². The van der Waals surface area contributed by atoms with E-state index in [-0.39, 0.29) is 11.8 Å². The zero-order valence-electron chi connectivity index (χ0n) is 14.9. The van der Waals surface area contributed by atoms with Gasteiger partial charge in [-0.05, 0) is 48.7 Å². The van der Waals surface area contributed by atoms with Crippen LogP contribution in [0, 0.1) is 6.92 Å². The largest absolute Gasteiger partial charge is 0.360 e. The quantitative estimate of drug-likeness (QED) is 0.775. The predicted octanol–water partition coefficient (Wildman–Crippen LogP) is 3.43. The van der Waals surface area contributed by atoms with Gasteiger partial charge in [-0.15, -0.1) is 0 Å². The van der Waals surface area contributed by atoms with Gasteiger partial charge in [-0.1, -0.05) is 29.4 Å². The minimum atomic E-state index is -0.297. The molecule has 2 heterocycles. The summed E-state index contributed by atoms with van der Waals surface area (Å²) in [5.74, 6) is 0.664. The monoisotopic (exact) mass is 361 g/mol. The maximum Gasteiger partial charge on any atom is 0.256 e. The molecule has 0 saturated carbocycles. The Morgan fingerprint density at radius 1 is 1.04 bits per heavy atom. The Balaban J connectivity index is 1.44. The van der Waals surface area contributed by atoms with Gasteiger partial charge in [0.2, 0.25) is 0 Å². The second-order valence-electron chi connectivity index (χ2n) is 6.60. The van der Waals surface area contributed by atoms with Crippen molar-refractivity contribution in [3.8, 4) is 0 Å². The Labute approximate surface area is 156 Å². The molecule has 0 fully saturated rings. The van der Waals surface area contributed by atoms with Gasteiger partial charge in [0.15, 0.2) is 5.82 Å². The molecular weight excluding hydrogens is 342 g/mol. The van der Waals surface area contributed by atoms with E-state index in [1.165, 1.54) is 11.1 Å². The van der Waals surface area contributed by atoms with Crippen molar-refractivity contribution in [1.82, 2.24) is 10.1 Å². The molecule has 1 aliphatic heterocycles. The molecule has 0 unspecified atom stereocenters. The zero-order valence-corrected chi connectivity index (χ0v) is 14.9. The maximum atomic E-state index is 12.8. The first-order chi connectivity index (χ1) is 13.1. The smallest absolute Gasteiger partial charge is 0.256 e. The van der Waals surface area contributed by atoms with E-state index >= 15 is 0 Å². The number of aryl methyl sites for hydroxylation is 1. The number of hydrogen-bond donors (Lipinski definition) is 1. The fraction of sp³-hybridized carbons (Fsp3) is 0.190. The summed E-state index contributed by atoms with van der Waals surface area (Å²) >= 11 is 0. The molecule has 136 valence electrons.